The zero-order valence-corrected chi connectivity index (χ0v) is 11.6. The molecule has 3 nitrogen and oxygen atoms in total. The van der Waals surface area contributed by atoms with Crippen molar-refractivity contribution in [1.29, 1.82) is 0 Å². The molecule has 0 radical (unpaired) electrons. The minimum absolute atomic E-state index is 0.498. The van der Waals surface area contributed by atoms with Crippen LogP contribution in [0.15, 0.2) is 45.6 Å². The van der Waals surface area contributed by atoms with Crippen LogP contribution >= 0.6 is 23.5 Å². The summed E-state index contributed by atoms with van der Waals surface area (Å²) >= 11 is 3.00. The van der Waals surface area contributed by atoms with Crippen molar-refractivity contribution in [3.63, 3.8) is 0 Å². The molecular formula is C13H13NO2S2. The third kappa shape index (κ3) is 2.97. The summed E-state index contributed by atoms with van der Waals surface area (Å²) in [6, 6.07) is 7.41. The Hall–Kier alpha value is -1.20. The molecule has 1 aliphatic rings. The first-order valence-electron chi connectivity index (χ1n) is 5.44. The standard InChI is InChI=1S/C13H13NO2S2/c1-8-5-3-4-6-11(8)18-9(2)12-14-10(7-17-12)13(15)16/h3-6,10H,2,7H2,1H3,(H,15,16). The number of carbonyl (C=O) groups is 1. The highest BCUT2D eigenvalue weighted by atomic mass is 32.2. The van der Waals surface area contributed by atoms with Crippen molar-refractivity contribution in [1.82, 2.24) is 0 Å². The third-order valence-corrected chi connectivity index (χ3v) is 4.86. The first-order chi connectivity index (χ1) is 8.58. The van der Waals surface area contributed by atoms with Crippen molar-refractivity contribution in [2.45, 2.75) is 17.9 Å². The van der Waals surface area contributed by atoms with Crippen LogP contribution in [0.1, 0.15) is 5.56 Å². The van der Waals surface area contributed by atoms with E-state index in [4.69, 9.17) is 5.11 Å². The molecule has 0 aliphatic carbocycles. The summed E-state index contributed by atoms with van der Waals surface area (Å²) in [5.41, 5.74) is 1.18. The monoisotopic (exact) mass is 279 g/mol. The minimum Gasteiger partial charge on any atom is -0.480 e. The molecule has 1 aromatic rings. The smallest absolute Gasteiger partial charge is 0.329 e. The summed E-state index contributed by atoms with van der Waals surface area (Å²) in [6.45, 7) is 6.03. The fourth-order valence-corrected chi connectivity index (χ4v) is 3.48. The number of nitrogens with zero attached hydrogens (tertiary/aromatic N) is 1. The first-order valence-corrected chi connectivity index (χ1v) is 7.24. The molecule has 94 valence electrons. The number of benzene rings is 1. The van der Waals surface area contributed by atoms with E-state index in [-0.39, 0.29) is 0 Å². The van der Waals surface area contributed by atoms with E-state index in [9.17, 15) is 4.79 Å². The minimum atomic E-state index is -0.869. The molecule has 1 atom stereocenters. The molecule has 1 aliphatic heterocycles. The van der Waals surface area contributed by atoms with Gasteiger partial charge in [0, 0.05) is 15.6 Å². The van der Waals surface area contributed by atoms with E-state index >= 15 is 0 Å². The molecule has 0 saturated carbocycles. The summed E-state index contributed by atoms with van der Waals surface area (Å²) in [4.78, 5) is 16.9. The zero-order valence-electron chi connectivity index (χ0n) is 9.92. The van der Waals surface area contributed by atoms with Gasteiger partial charge in [0.2, 0.25) is 0 Å². The van der Waals surface area contributed by atoms with E-state index in [1.807, 2.05) is 31.2 Å². The van der Waals surface area contributed by atoms with Crippen molar-refractivity contribution < 1.29 is 9.90 Å². The van der Waals surface area contributed by atoms with Crippen LogP contribution in [0.5, 0.6) is 0 Å². The van der Waals surface area contributed by atoms with Crippen LogP contribution in [-0.2, 0) is 4.79 Å². The van der Waals surface area contributed by atoms with Gasteiger partial charge in [0.15, 0.2) is 6.04 Å². The lowest BCUT2D eigenvalue weighted by atomic mass is 10.2. The van der Waals surface area contributed by atoms with Gasteiger partial charge in [0.25, 0.3) is 0 Å². The van der Waals surface area contributed by atoms with Crippen LogP contribution < -0.4 is 0 Å². The number of rotatable bonds is 4. The highest BCUT2D eigenvalue weighted by Crippen LogP contribution is 2.34. The Morgan fingerprint density at radius 3 is 2.89 bits per heavy atom. The normalized spacial score (nSPS) is 18.5. The van der Waals surface area contributed by atoms with Crippen molar-refractivity contribution in [3.05, 3.63) is 41.3 Å². The van der Waals surface area contributed by atoms with Gasteiger partial charge in [0.05, 0.1) is 0 Å². The second-order valence-corrected chi connectivity index (χ2v) is 6.04. The molecule has 1 heterocycles. The number of hydrogen-bond donors (Lipinski definition) is 1. The van der Waals surface area contributed by atoms with Crippen LogP contribution in [0.3, 0.4) is 0 Å². The van der Waals surface area contributed by atoms with E-state index in [1.54, 1.807) is 11.8 Å². The molecule has 1 N–H and O–H groups in total. The maximum absolute atomic E-state index is 10.8. The van der Waals surface area contributed by atoms with Crippen molar-refractivity contribution in [2.24, 2.45) is 4.99 Å². The van der Waals surface area contributed by atoms with E-state index in [1.165, 1.54) is 17.3 Å². The van der Waals surface area contributed by atoms with E-state index < -0.39 is 12.0 Å². The van der Waals surface area contributed by atoms with Gasteiger partial charge in [-0.1, -0.05) is 36.5 Å². The zero-order chi connectivity index (χ0) is 13.1. The summed E-state index contributed by atoms with van der Waals surface area (Å²) in [7, 11) is 0. The molecule has 0 saturated heterocycles. The Kier molecular flexibility index (Phi) is 4.14. The van der Waals surface area contributed by atoms with Crippen LogP contribution in [0.25, 0.3) is 0 Å². The largest absolute Gasteiger partial charge is 0.480 e. The van der Waals surface area contributed by atoms with Crippen LogP contribution in [0.2, 0.25) is 0 Å². The van der Waals surface area contributed by atoms with E-state index in [0.29, 0.717) is 5.75 Å². The molecule has 1 aromatic carbocycles. The second-order valence-electron chi connectivity index (χ2n) is 3.89. The van der Waals surface area contributed by atoms with Gasteiger partial charge >= 0.3 is 5.97 Å². The maximum atomic E-state index is 10.8. The first kappa shape index (κ1) is 13.2. The number of aliphatic carboxylic acids is 1. The second kappa shape index (κ2) is 5.63. The summed E-state index contributed by atoms with van der Waals surface area (Å²) in [6.07, 6.45) is 0. The van der Waals surface area contributed by atoms with Gasteiger partial charge in [0.1, 0.15) is 5.04 Å². The fourth-order valence-electron chi connectivity index (χ4n) is 1.50. The van der Waals surface area contributed by atoms with E-state index in [2.05, 4.69) is 11.6 Å². The lowest BCUT2D eigenvalue weighted by Crippen LogP contribution is -2.17. The highest BCUT2D eigenvalue weighted by Gasteiger charge is 2.25. The van der Waals surface area contributed by atoms with Gasteiger partial charge < -0.3 is 5.11 Å². The molecular weight excluding hydrogens is 266 g/mol. The Bertz CT molecular complexity index is 525. The topological polar surface area (TPSA) is 49.7 Å². The Morgan fingerprint density at radius 1 is 1.56 bits per heavy atom. The van der Waals surface area contributed by atoms with Gasteiger partial charge in [-0.3, -0.25) is 4.99 Å². The summed E-state index contributed by atoms with van der Waals surface area (Å²) < 4.78 is 0. The predicted octanol–water partition coefficient (Wildman–Crippen LogP) is 3.20. The lowest BCUT2D eigenvalue weighted by molar-refractivity contribution is -0.137. The summed E-state index contributed by atoms with van der Waals surface area (Å²) in [5.74, 6) is -0.371. The highest BCUT2D eigenvalue weighted by molar-refractivity contribution is 8.18. The molecule has 0 fully saturated rings. The number of aliphatic imine (C=N–C) groups is 1. The molecule has 0 aromatic heterocycles. The molecule has 18 heavy (non-hydrogen) atoms. The molecule has 1 unspecified atom stereocenters. The average molecular weight is 279 g/mol. The fraction of sp³-hybridized carbons (Fsp3) is 0.231. The number of hydrogen-bond acceptors (Lipinski definition) is 4. The quantitative estimate of drug-likeness (QED) is 0.860. The Balaban J connectivity index is 2.08. The van der Waals surface area contributed by atoms with Crippen LogP contribution in [0.4, 0.5) is 0 Å². The molecule has 0 spiro atoms. The number of carboxylic acid groups (broad SMARTS) is 1. The van der Waals surface area contributed by atoms with Crippen molar-refractivity contribution in [3.8, 4) is 0 Å². The Labute approximate surface area is 114 Å². The van der Waals surface area contributed by atoms with E-state index in [0.717, 1.165) is 14.8 Å². The van der Waals surface area contributed by atoms with Crippen molar-refractivity contribution >= 4 is 34.5 Å². The molecule has 5 heteroatoms. The van der Waals surface area contributed by atoms with Gasteiger partial charge in [-0.25, -0.2) is 4.79 Å². The lowest BCUT2D eigenvalue weighted by Gasteiger charge is -2.06. The maximum Gasteiger partial charge on any atom is 0.329 e. The number of carboxylic acids is 1. The third-order valence-electron chi connectivity index (χ3n) is 2.50. The summed E-state index contributed by atoms with van der Waals surface area (Å²) in [5, 5.41) is 9.64. The van der Waals surface area contributed by atoms with Crippen LogP contribution in [-0.4, -0.2) is 27.9 Å². The predicted molar refractivity (Wildman–Crippen MR) is 77.5 cm³/mol. The van der Waals surface area contributed by atoms with Crippen LogP contribution in [0, 0.1) is 6.92 Å². The van der Waals surface area contributed by atoms with Gasteiger partial charge in [-0.2, -0.15) is 0 Å². The Morgan fingerprint density at radius 2 is 2.28 bits per heavy atom. The van der Waals surface area contributed by atoms with Gasteiger partial charge in [-0.15, -0.1) is 11.8 Å². The number of aryl methyl sites for hydroxylation is 1. The SMILES string of the molecule is C=C(Sc1ccccc1C)C1=NC(C(=O)O)CS1. The molecule has 0 amide bonds. The van der Waals surface area contributed by atoms with Gasteiger partial charge in [-0.05, 0) is 18.6 Å². The molecule has 0 bridgehead atoms. The average Bonchev–Trinajstić information content (AvgIpc) is 2.81. The molecule has 2 rings (SSSR count). The van der Waals surface area contributed by atoms with Crippen molar-refractivity contribution in [2.75, 3.05) is 5.75 Å². The number of thioether (sulfide) groups is 2.